The van der Waals surface area contributed by atoms with Gasteiger partial charge in [-0.05, 0) is 43.5 Å². The average Bonchev–Trinajstić information content (AvgIpc) is 2.62. The van der Waals surface area contributed by atoms with Crippen molar-refractivity contribution in [1.29, 1.82) is 0 Å². The molecule has 1 saturated heterocycles. The maximum Gasteiger partial charge on any atom is 0.226 e. The van der Waals surface area contributed by atoms with Crippen LogP contribution in [0.2, 0.25) is 0 Å². The molecule has 1 N–H and O–H groups in total. The van der Waals surface area contributed by atoms with Crippen molar-refractivity contribution in [3.8, 4) is 11.3 Å². The van der Waals surface area contributed by atoms with Gasteiger partial charge in [0, 0.05) is 43.7 Å². The second kappa shape index (κ2) is 6.24. The van der Waals surface area contributed by atoms with E-state index < -0.39 is 0 Å². The molecule has 1 fully saturated rings. The molecule has 0 saturated carbocycles. The van der Waals surface area contributed by atoms with E-state index >= 15 is 0 Å². The van der Waals surface area contributed by atoms with Crippen LogP contribution < -0.4 is 10.2 Å². The molecular weight excluding hydrogens is 291 g/mol. The van der Waals surface area contributed by atoms with Gasteiger partial charge < -0.3 is 10.2 Å². The number of hydrogen-bond donors (Lipinski definition) is 1. The molecule has 0 radical (unpaired) electrons. The van der Waals surface area contributed by atoms with Gasteiger partial charge in [0.15, 0.2) is 0 Å². The maximum atomic E-state index is 13.3. The molecule has 2 aromatic rings. The van der Waals surface area contributed by atoms with Crippen molar-refractivity contribution in [3.05, 3.63) is 41.3 Å². The highest BCUT2D eigenvalue weighted by Crippen LogP contribution is 2.29. The Morgan fingerprint density at radius 2 is 1.78 bits per heavy atom. The molecule has 2 aliphatic rings. The minimum atomic E-state index is -0.217. The molecule has 120 valence electrons. The van der Waals surface area contributed by atoms with Gasteiger partial charge in [0.1, 0.15) is 5.82 Å². The molecule has 5 heteroatoms. The molecule has 4 nitrogen and oxygen atoms in total. The lowest BCUT2D eigenvalue weighted by molar-refractivity contribution is 0.563. The number of aromatic nitrogens is 2. The fourth-order valence-corrected chi connectivity index (χ4v) is 3.41. The first-order valence-corrected chi connectivity index (χ1v) is 8.43. The van der Waals surface area contributed by atoms with E-state index in [1.54, 1.807) is 0 Å². The predicted molar refractivity (Wildman–Crippen MR) is 88.9 cm³/mol. The van der Waals surface area contributed by atoms with E-state index in [0.29, 0.717) is 0 Å². The van der Waals surface area contributed by atoms with E-state index in [4.69, 9.17) is 9.97 Å². The summed E-state index contributed by atoms with van der Waals surface area (Å²) in [5.74, 6) is 0.621. The number of rotatable bonds is 2. The minimum Gasteiger partial charge on any atom is -0.341 e. The van der Waals surface area contributed by atoms with Gasteiger partial charge in [-0.15, -0.1) is 0 Å². The summed E-state index contributed by atoms with van der Waals surface area (Å²) in [7, 11) is 0. The molecule has 2 aliphatic heterocycles. The summed E-state index contributed by atoms with van der Waals surface area (Å²) >= 11 is 0. The van der Waals surface area contributed by atoms with E-state index in [2.05, 4.69) is 10.2 Å². The highest BCUT2D eigenvalue weighted by atomic mass is 19.1. The van der Waals surface area contributed by atoms with Gasteiger partial charge in [-0.25, -0.2) is 14.4 Å². The molecular formula is C18H21FN4. The first-order valence-electron chi connectivity index (χ1n) is 8.43. The molecule has 0 atom stereocenters. The van der Waals surface area contributed by atoms with Gasteiger partial charge >= 0.3 is 0 Å². The van der Waals surface area contributed by atoms with Crippen LogP contribution in [0.25, 0.3) is 11.3 Å². The summed E-state index contributed by atoms with van der Waals surface area (Å²) in [6, 6.07) is 6.63. The lowest BCUT2D eigenvalue weighted by Gasteiger charge is -2.29. The number of benzene rings is 1. The van der Waals surface area contributed by atoms with Crippen LogP contribution >= 0.6 is 0 Å². The van der Waals surface area contributed by atoms with Crippen LogP contribution in [0, 0.1) is 5.82 Å². The third kappa shape index (κ3) is 2.93. The zero-order chi connectivity index (χ0) is 15.6. The molecule has 0 bridgehead atoms. The number of piperidine rings is 1. The van der Waals surface area contributed by atoms with E-state index in [1.807, 2.05) is 12.1 Å². The highest BCUT2D eigenvalue weighted by Gasteiger charge is 2.22. The molecule has 3 heterocycles. The van der Waals surface area contributed by atoms with Gasteiger partial charge in [0.05, 0.1) is 11.4 Å². The van der Waals surface area contributed by atoms with Crippen LogP contribution in [0.15, 0.2) is 24.3 Å². The van der Waals surface area contributed by atoms with Crippen LogP contribution in [-0.4, -0.2) is 29.6 Å². The molecule has 4 rings (SSSR count). The van der Waals surface area contributed by atoms with Crippen LogP contribution in [0.3, 0.4) is 0 Å². The van der Waals surface area contributed by atoms with E-state index in [1.165, 1.54) is 31.4 Å². The first-order chi connectivity index (χ1) is 11.3. The molecule has 0 spiro atoms. The van der Waals surface area contributed by atoms with Crippen LogP contribution in [0.5, 0.6) is 0 Å². The third-order valence-corrected chi connectivity index (χ3v) is 4.68. The van der Waals surface area contributed by atoms with Crippen molar-refractivity contribution >= 4 is 5.95 Å². The number of fused-ring (bicyclic) bond motifs is 1. The van der Waals surface area contributed by atoms with Crippen LogP contribution in [0.1, 0.15) is 30.5 Å². The van der Waals surface area contributed by atoms with Gasteiger partial charge in [-0.1, -0.05) is 0 Å². The summed E-state index contributed by atoms with van der Waals surface area (Å²) < 4.78 is 13.3. The Balaban J connectivity index is 1.80. The van der Waals surface area contributed by atoms with E-state index in [0.717, 1.165) is 61.1 Å². The normalized spacial score (nSPS) is 17.9. The maximum absolute atomic E-state index is 13.3. The lowest BCUT2D eigenvalue weighted by Crippen LogP contribution is -2.33. The Labute approximate surface area is 135 Å². The van der Waals surface area contributed by atoms with Crippen molar-refractivity contribution in [1.82, 2.24) is 15.3 Å². The quantitative estimate of drug-likeness (QED) is 0.926. The molecule has 1 aromatic carbocycles. The molecule has 0 unspecified atom stereocenters. The van der Waals surface area contributed by atoms with E-state index in [-0.39, 0.29) is 5.82 Å². The van der Waals surface area contributed by atoms with Crippen molar-refractivity contribution in [3.63, 3.8) is 0 Å². The zero-order valence-corrected chi connectivity index (χ0v) is 13.2. The van der Waals surface area contributed by atoms with Crippen molar-refractivity contribution < 1.29 is 4.39 Å². The lowest BCUT2D eigenvalue weighted by atomic mass is 10.0. The van der Waals surface area contributed by atoms with Crippen molar-refractivity contribution in [2.24, 2.45) is 0 Å². The smallest absolute Gasteiger partial charge is 0.226 e. The van der Waals surface area contributed by atoms with Crippen molar-refractivity contribution in [2.75, 3.05) is 24.5 Å². The minimum absolute atomic E-state index is 0.217. The Bertz CT molecular complexity index is 693. The summed E-state index contributed by atoms with van der Waals surface area (Å²) in [6.07, 6.45) is 4.62. The summed E-state index contributed by atoms with van der Waals surface area (Å²) in [5, 5.41) is 3.39. The SMILES string of the molecule is Fc1ccc(-c2nc(N3CCCCC3)nc3c2CNCC3)cc1. The standard InChI is InChI=1S/C18H21FN4/c19-14-6-4-13(5-7-14)17-15-12-20-9-8-16(15)21-18(22-17)23-10-2-1-3-11-23/h4-7,20H,1-3,8-12H2. The average molecular weight is 312 g/mol. The Morgan fingerprint density at radius 3 is 2.57 bits per heavy atom. The number of hydrogen-bond acceptors (Lipinski definition) is 4. The molecule has 0 amide bonds. The summed E-state index contributed by atoms with van der Waals surface area (Å²) in [4.78, 5) is 12.0. The van der Waals surface area contributed by atoms with E-state index in [9.17, 15) is 4.39 Å². The Kier molecular flexibility index (Phi) is 3.95. The van der Waals surface area contributed by atoms with Gasteiger partial charge in [0.2, 0.25) is 5.95 Å². The summed E-state index contributed by atoms with van der Waals surface area (Å²) in [6.45, 7) is 3.79. The monoisotopic (exact) mass is 312 g/mol. The Morgan fingerprint density at radius 1 is 1.00 bits per heavy atom. The van der Waals surface area contributed by atoms with Crippen LogP contribution in [-0.2, 0) is 13.0 Å². The van der Waals surface area contributed by atoms with Gasteiger partial charge in [-0.2, -0.15) is 0 Å². The molecule has 0 aliphatic carbocycles. The topological polar surface area (TPSA) is 41.1 Å². The highest BCUT2D eigenvalue weighted by molar-refractivity contribution is 5.66. The summed E-state index contributed by atoms with van der Waals surface area (Å²) in [5.41, 5.74) is 4.21. The predicted octanol–water partition coefficient (Wildman–Crippen LogP) is 2.92. The second-order valence-corrected chi connectivity index (χ2v) is 6.28. The number of nitrogens with one attached hydrogen (secondary N) is 1. The largest absolute Gasteiger partial charge is 0.341 e. The molecule has 1 aromatic heterocycles. The Hall–Kier alpha value is -2.01. The number of nitrogens with zero attached hydrogens (tertiary/aromatic N) is 3. The van der Waals surface area contributed by atoms with Gasteiger partial charge in [0.25, 0.3) is 0 Å². The van der Waals surface area contributed by atoms with Gasteiger partial charge in [-0.3, -0.25) is 0 Å². The second-order valence-electron chi connectivity index (χ2n) is 6.28. The third-order valence-electron chi connectivity index (χ3n) is 4.68. The van der Waals surface area contributed by atoms with Crippen LogP contribution in [0.4, 0.5) is 10.3 Å². The number of anilines is 1. The first kappa shape index (κ1) is 14.6. The fourth-order valence-electron chi connectivity index (χ4n) is 3.41. The van der Waals surface area contributed by atoms with Crippen molar-refractivity contribution in [2.45, 2.75) is 32.2 Å². The zero-order valence-electron chi connectivity index (χ0n) is 13.2. The number of halogens is 1. The molecule has 23 heavy (non-hydrogen) atoms. The fraction of sp³-hybridized carbons (Fsp3) is 0.444.